The van der Waals surface area contributed by atoms with Crippen molar-refractivity contribution in [1.29, 1.82) is 0 Å². The molecule has 7 heteroatoms. The topological polar surface area (TPSA) is 62.6 Å². The average molecular weight is 345 g/mol. The Bertz CT molecular complexity index is 573. The molecule has 3 N–H and O–H groups in total. The zero-order valence-electron chi connectivity index (χ0n) is 13.9. The van der Waals surface area contributed by atoms with Crippen LogP contribution in [0.25, 0.3) is 0 Å². The number of nitrogens with one attached hydrogen (secondary N) is 3. The average Bonchev–Trinajstić information content (AvgIpc) is 2.39. The van der Waals surface area contributed by atoms with Gasteiger partial charge in [-0.3, -0.25) is 9.59 Å². The third-order valence-electron chi connectivity index (χ3n) is 3.04. The van der Waals surface area contributed by atoms with Crippen molar-refractivity contribution in [1.82, 2.24) is 5.32 Å². The summed E-state index contributed by atoms with van der Waals surface area (Å²) in [6.07, 6.45) is 0. The highest BCUT2D eigenvalue weighted by atomic mass is 35.5. The molecule has 1 unspecified atom stereocenters. The van der Waals surface area contributed by atoms with Gasteiger partial charge in [0.05, 0.1) is 17.3 Å². The van der Waals surface area contributed by atoms with Crippen LogP contribution >= 0.6 is 11.6 Å². The SMILES string of the molecule is CC[NH+](CC(=O)Nc1ccc(F)cc1Cl)CC(=O)NC(C)(C)C. The summed E-state index contributed by atoms with van der Waals surface area (Å²) in [7, 11) is 0. The maximum absolute atomic E-state index is 13.0. The summed E-state index contributed by atoms with van der Waals surface area (Å²) in [6, 6.07) is 3.77. The highest BCUT2D eigenvalue weighted by Gasteiger charge is 2.20. The quantitative estimate of drug-likeness (QED) is 0.727. The van der Waals surface area contributed by atoms with Gasteiger partial charge in [-0.2, -0.15) is 0 Å². The molecule has 0 fully saturated rings. The summed E-state index contributed by atoms with van der Waals surface area (Å²) in [5.74, 6) is -0.853. The number of carbonyl (C=O) groups is 2. The predicted molar refractivity (Wildman–Crippen MR) is 89.2 cm³/mol. The van der Waals surface area contributed by atoms with Crippen LogP contribution in [0.1, 0.15) is 27.7 Å². The van der Waals surface area contributed by atoms with Crippen LogP contribution in [0, 0.1) is 5.82 Å². The lowest BCUT2D eigenvalue weighted by atomic mass is 10.1. The highest BCUT2D eigenvalue weighted by Crippen LogP contribution is 2.21. The Balaban J connectivity index is 2.58. The van der Waals surface area contributed by atoms with E-state index in [2.05, 4.69) is 10.6 Å². The van der Waals surface area contributed by atoms with Crippen LogP contribution in [0.4, 0.5) is 10.1 Å². The van der Waals surface area contributed by atoms with Gasteiger partial charge in [0, 0.05) is 5.54 Å². The van der Waals surface area contributed by atoms with Gasteiger partial charge in [-0.05, 0) is 45.9 Å². The molecule has 0 spiro atoms. The van der Waals surface area contributed by atoms with Crippen molar-refractivity contribution < 1.29 is 18.9 Å². The lowest BCUT2D eigenvalue weighted by Gasteiger charge is -2.23. The van der Waals surface area contributed by atoms with Crippen molar-refractivity contribution >= 4 is 29.1 Å². The lowest BCUT2D eigenvalue weighted by molar-refractivity contribution is -0.881. The summed E-state index contributed by atoms with van der Waals surface area (Å²) in [5.41, 5.74) is 0.0486. The van der Waals surface area contributed by atoms with E-state index < -0.39 is 5.82 Å². The van der Waals surface area contributed by atoms with Crippen LogP contribution in [0.3, 0.4) is 0 Å². The summed E-state index contributed by atoms with van der Waals surface area (Å²) in [5, 5.41) is 5.64. The largest absolute Gasteiger partial charge is 0.347 e. The van der Waals surface area contributed by atoms with Crippen LogP contribution in [0.15, 0.2) is 18.2 Å². The molecular weight excluding hydrogens is 321 g/mol. The van der Waals surface area contributed by atoms with Gasteiger partial charge in [0.25, 0.3) is 11.8 Å². The number of hydrogen-bond acceptors (Lipinski definition) is 2. The van der Waals surface area contributed by atoms with Gasteiger partial charge in [-0.1, -0.05) is 11.6 Å². The molecule has 0 radical (unpaired) electrons. The molecule has 1 aromatic carbocycles. The molecule has 2 amide bonds. The lowest BCUT2D eigenvalue weighted by Crippen LogP contribution is -3.14. The first-order valence-electron chi connectivity index (χ1n) is 7.50. The zero-order valence-corrected chi connectivity index (χ0v) is 14.7. The predicted octanol–water partition coefficient (Wildman–Crippen LogP) is 1.24. The standard InChI is InChI=1S/C16H23ClFN3O2/c1-5-21(10-15(23)20-16(2,3)4)9-14(22)19-13-7-6-11(18)8-12(13)17/h6-8H,5,9-10H2,1-4H3,(H,19,22)(H,20,23)/p+1. The minimum Gasteiger partial charge on any atom is -0.347 e. The van der Waals surface area contributed by atoms with Crippen molar-refractivity contribution in [3.63, 3.8) is 0 Å². The third kappa shape index (κ3) is 7.43. The number of amides is 2. The molecule has 0 saturated heterocycles. The first-order chi connectivity index (χ1) is 10.6. The van der Waals surface area contributed by atoms with Crippen LogP contribution in [-0.2, 0) is 9.59 Å². The Morgan fingerprint density at radius 2 is 1.83 bits per heavy atom. The van der Waals surface area contributed by atoms with E-state index in [0.717, 1.165) is 11.0 Å². The van der Waals surface area contributed by atoms with Crippen molar-refractivity contribution in [3.05, 3.63) is 29.0 Å². The van der Waals surface area contributed by atoms with Gasteiger partial charge in [-0.15, -0.1) is 0 Å². The molecule has 0 bridgehead atoms. The summed E-state index contributed by atoms with van der Waals surface area (Å²) >= 11 is 5.88. The molecule has 128 valence electrons. The van der Waals surface area contributed by atoms with E-state index in [0.29, 0.717) is 12.2 Å². The van der Waals surface area contributed by atoms with Gasteiger partial charge in [0.2, 0.25) is 0 Å². The molecule has 23 heavy (non-hydrogen) atoms. The molecule has 5 nitrogen and oxygen atoms in total. The molecule has 0 aliphatic rings. The number of halogens is 2. The Morgan fingerprint density at radius 1 is 1.22 bits per heavy atom. The minimum absolute atomic E-state index is 0.109. The van der Waals surface area contributed by atoms with E-state index in [1.807, 2.05) is 27.7 Å². The number of likely N-dealkylation sites (N-methyl/N-ethyl adjacent to an activating group) is 1. The van der Waals surface area contributed by atoms with E-state index >= 15 is 0 Å². The van der Waals surface area contributed by atoms with Gasteiger partial charge >= 0.3 is 0 Å². The second-order valence-electron chi connectivity index (χ2n) is 6.43. The van der Waals surface area contributed by atoms with Crippen molar-refractivity contribution in [2.75, 3.05) is 25.0 Å². The van der Waals surface area contributed by atoms with Crippen molar-refractivity contribution in [3.8, 4) is 0 Å². The summed E-state index contributed by atoms with van der Waals surface area (Å²) in [4.78, 5) is 24.8. The molecule has 0 heterocycles. The van der Waals surface area contributed by atoms with E-state index in [9.17, 15) is 14.0 Å². The van der Waals surface area contributed by atoms with E-state index in [1.54, 1.807) is 0 Å². The van der Waals surface area contributed by atoms with Crippen LogP contribution in [-0.4, -0.2) is 37.0 Å². The number of hydrogen-bond donors (Lipinski definition) is 3. The summed E-state index contributed by atoms with van der Waals surface area (Å²) in [6.45, 7) is 8.57. The smallest absolute Gasteiger partial charge is 0.279 e. The molecular formula is C16H24ClFN3O2+. The van der Waals surface area contributed by atoms with E-state index in [4.69, 9.17) is 11.6 Å². The van der Waals surface area contributed by atoms with E-state index in [1.165, 1.54) is 12.1 Å². The maximum atomic E-state index is 13.0. The molecule has 1 aromatic rings. The molecule has 0 saturated carbocycles. The number of quaternary nitrogens is 1. The number of carbonyl (C=O) groups excluding carboxylic acids is 2. The Hall–Kier alpha value is -1.66. The second-order valence-corrected chi connectivity index (χ2v) is 6.83. The third-order valence-corrected chi connectivity index (χ3v) is 3.35. The fourth-order valence-electron chi connectivity index (χ4n) is 2.01. The fraction of sp³-hybridized carbons (Fsp3) is 0.500. The van der Waals surface area contributed by atoms with Crippen molar-refractivity contribution in [2.45, 2.75) is 33.2 Å². The summed E-state index contributed by atoms with van der Waals surface area (Å²) < 4.78 is 13.0. The number of rotatable bonds is 6. The number of benzene rings is 1. The molecule has 0 aliphatic carbocycles. The first kappa shape index (κ1) is 19.4. The molecule has 1 atom stereocenters. The zero-order chi connectivity index (χ0) is 17.6. The van der Waals surface area contributed by atoms with Gasteiger partial charge in [0.15, 0.2) is 13.1 Å². The molecule has 0 aromatic heterocycles. The Kier molecular flexibility index (Phi) is 6.97. The van der Waals surface area contributed by atoms with Gasteiger partial charge in [0.1, 0.15) is 5.82 Å². The maximum Gasteiger partial charge on any atom is 0.279 e. The van der Waals surface area contributed by atoms with Crippen molar-refractivity contribution in [2.24, 2.45) is 0 Å². The molecule has 0 aliphatic heterocycles. The first-order valence-corrected chi connectivity index (χ1v) is 7.88. The van der Waals surface area contributed by atoms with Crippen LogP contribution < -0.4 is 15.5 Å². The Labute approximate surface area is 141 Å². The monoisotopic (exact) mass is 344 g/mol. The fourth-order valence-corrected chi connectivity index (χ4v) is 2.23. The van der Waals surface area contributed by atoms with Crippen LogP contribution in [0.5, 0.6) is 0 Å². The number of anilines is 1. The van der Waals surface area contributed by atoms with E-state index in [-0.39, 0.29) is 35.5 Å². The normalized spacial score (nSPS) is 12.6. The second kappa shape index (κ2) is 8.26. The Morgan fingerprint density at radius 3 is 2.35 bits per heavy atom. The van der Waals surface area contributed by atoms with Crippen LogP contribution in [0.2, 0.25) is 5.02 Å². The van der Waals surface area contributed by atoms with Gasteiger partial charge < -0.3 is 15.5 Å². The molecule has 1 rings (SSSR count). The minimum atomic E-state index is -0.465. The highest BCUT2D eigenvalue weighted by molar-refractivity contribution is 6.33. The van der Waals surface area contributed by atoms with Gasteiger partial charge in [-0.25, -0.2) is 4.39 Å².